The standard InChI is InChI=1S/C18H20FN3O/c1-12-16-10-22(15-6-8-23-11-15)7-5-17(16)21-18(20-12)13-3-2-4-14(19)9-13/h2-4,9,15H,5-8,10-11H2,1H3/t15-/m1/s1. The van der Waals surface area contributed by atoms with Gasteiger partial charge >= 0.3 is 0 Å². The Morgan fingerprint density at radius 2 is 2.22 bits per heavy atom. The van der Waals surface area contributed by atoms with Crippen molar-refractivity contribution in [3.05, 3.63) is 47.0 Å². The normalized spacial score (nSPS) is 21.4. The molecule has 2 aliphatic heterocycles. The van der Waals surface area contributed by atoms with E-state index >= 15 is 0 Å². The van der Waals surface area contributed by atoms with Crippen molar-refractivity contribution >= 4 is 0 Å². The molecule has 0 saturated carbocycles. The number of benzene rings is 1. The molecular weight excluding hydrogens is 293 g/mol. The summed E-state index contributed by atoms with van der Waals surface area (Å²) in [5.74, 6) is 0.368. The Kier molecular flexibility index (Phi) is 3.83. The topological polar surface area (TPSA) is 38.2 Å². The summed E-state index contributed by atoms with van der Waals surface area (Å²) in [4.78, 5) is 11.8. The second-order valence-electron chi connectivity index (χ2n) is 6.31. The molecule has 3 heterocycles. The second-order valence-corrected chi connectivity index (χ2v) is 6.31. The Labute approximate surface area is 135 Å². The van der Waals surface area contributed by atoms with E-state index in [1.54, 1.807) is 6.07 Å². The lowest BCUT2D eigenvalue weighted by molar-refractivity contribution is 0.134. The fourth-order valence-corrected chi connectivity index (χ4v) is 3.48. The lowest BCUT2D eigenvalue weighted by Crippen LogP contribution is -2.40. The zero-order valence-electron chi connectivity index (χ0n) is 13.3. The van der Waals surface area contributed by atoms with E-state index in [9.17, 15) is 4.39 Å². The van der Waals surface area contributed by atoms with E-state index in [1.807, 2.05) is 13.0 Å². The van der Waals surface area contributed by atoms with Crippen molar-refractivity contribution in [3.63, 3.8) is 0 Å². The van der Waals surface area contributed by atoms with Gasteiger partial charge in [-0.05, 0) is 25.5 Å². The summed E-state index contributed by atoms with van der Waals surface area (Å²) >= 11 is 0. The molecular formula is C18H20FN3O. The lowest BCUT2D eigenvalue weighted by Gasteiger charge is -2.33. The van der Waals surface area contributed by atoms with Crippen LogP contribution in [0.15, 0.2) is 24.3 Å². The SMILES string of the molecule is Cc1nc(-c2cccc(F)c2)nc2c1CN([C@@H]1CCOC1)CC2. The van der Waals surface area contributed by atoms with Gasteiger partial charge in [-0.15, -0.1) is 0 Å². The maximum absolute atomic E-state index is 13.4. The molecule has 1 saturated heterocycles. The lowest BCUT2D eigenvalue weighted by atomic mass is 10.0. The van der Waals surface area contributed by atoms with Gasteiger partial charge in [0.2, 0.25) is 0 Å². The third-order valence-corrected chi connectivity index (χ3v) is 4.80. The molecule has 23 heavy (non-hydrogen) atoms. The van der Waals surface area contributed by atoms with E-state index in [0.29, 0.717) is 11.9 Å². The second kappa shape index (κ2) is 5.98. The highest BCUT2D eigenvalue weighted by Gasteiger charge is 2.28. The smallest absolute Gasteiger partial charge is 0.159 e. The highest BCUT2D eigenvalue weighted by Crippen LogP contribution is 2.26. The van der Waals surface area contributed by atoms with Crippen LogP contribution in [0.4, 0.5) is 4.39 Å². The van der Waals surface area contributed by atoms with E-state index in [4.69, 9.17) is 9.72 Å². The zero-order chi connectivity index (χ0) is 15.8. The Bertz CT molecular complexity index is 728. The first kappa shape index (κ1) is 14.7. The van der Waals surface area contributed by atoms with Crippen molar-refractivity contribution in [1.82, 2.24) is 14.9 Å². The molecule has 0 aliphatic carbocycles. The Morgan fingerprint density at radius 1 is 1.30 bits per heavy atom. The summed E-state index contributed by atoms with van der Waals surface area (Å²) in [6, 6.07) is 7.01. The average Bonchev–Trinajstić information content (AvgIpc) is 3.09. The highest BCUT2D eigenvalue weighted by atomic mass is 19.1. The van der Waals surface area contributed by atoms with Crippen LogP contribution < -0.4 is 0 Å². The maximum Gasteiger partial charge on any atom is 0.159 e. The van der Waals surface area contributed by atoms with Crippen LogP contribution >= 0.6 is 0 Å². The van der Waals surface area contributed by atoms with Crippen LogP contribution in [-0.2, 0) is 17.7 Å². The fourth-order valence-electron chi connectivity index (χ4n) is 3.48. The summed E-state index contributed by atoms with van der Waals surface area (Å²) in [7, 11) is 0. The van der Waals surface area contributed by atoms with Crippen LogP contribution in [0.2, 0.25) is 0 Å². The van der Waals surface area contributed by atoms with Crippen LogP contribution in [0.3, 0.4) is 0 Å². The number of ether oxygens (including phenoxy) is 1. The van der Waals surface area contributed by atoms with Crippen LogP contribution in [0.25, 0.3) is 11.4 Å². The van der Waals surface area contributed by atoms with Crippen molar-refractivity contribution < 1.29 is 9.13 Å². The molecule has 0 bridgehead atoms. The minimum absolute atomic E-state index is 0.256. The van der Waals surface area contributed by atoms with Gasteiger partial charge in [-0.3, -0.25) is 4.90 Å². The summed E-state index contributed by atoms with van der Waals surface area (Å²) in [5, 5.41) is 0. The number of hydrogen-bond acceptors (Lipinski definition) is 4. The molecule has 1 aromatic heterocycles. The van der Waals surface area contributed by atoms with Gasteiger partial charge < -0.3 is 4.74 Å². The average molecular weight is 313 g/mol. The number of fused-ring (bicyclic) bond motifs is 1. The van der Waals surface area contributed by atoms with Gasteiger partial charge in [0.1, 0.15) is 5.82 Å². The predicted octanol–water partition coefficient (Wildman–Crippen LogP) is 2.74. The van der Waals surface area contributed by atoms with Gasteiger partial charge in [0.15, 0.2) is 5.82 Å². The maximum atomic E-state index is 13.4. The number of nitrogens with zero attached hydrogens (tertiary/aromatic N) is 3. The minimum atomic E-state index is -0.256. The van der Waals surface area contributed by atoms with Gasteiger partial charge in [-0.1, -0.05) is 12.1 Å². The van der Waals surface area contributed by atoms with Crippen LogP contribution in [-0.4, -0.2) is 40.7 Å². The van der Waals surface area contributed by atoms with E-state index < -0.39 is 0 Å². The molecule has 1 aromatic carbocycles. The Morgan fingerprint density at radius 3 is 3.00 bits per heavy atom. The Balaban J connectivity index is 1.64. The van der Waals surface area contributed by atoms with Gasteiger partial charge in [0.25, 0.3) is 0 Å². The van der Waals surface area contributed by atoms with E-state index in [0.717, 1.165) is 56.1 Å². The third-order valence-electron chi connectivity index (χ3n) is 4.80. The summed E-state index contributed by atoms with van der Waals surface area (Å²) < 4.78 is 19.0. The molecule has 2 aliphatic rings. The molecule has 0 amide bonds. The van der Waals surface area contributed by atoms with Crippen molar-refractivity contribution in [2.45, 2.75) is 32.4 Å². The van der Waals surface area contributed by atoms with Crippen molar-refractivity contribution in [3.8, 4) is 11.4 Å². The third kappa shape index (κ3) is 2.86. The molecule has 1 atom stereocenters. The van der Waals surface area contributed by atoms with Crippen LogP contribution in [0.5, 0.6) is 0 Å². The molecule has 5 heteroatoms. The number of aromatic nitrogens is 2. The molecule has 0 spiro atoms. The van der Waals surface area contributed by atoms with Gasteiger partial charge in [-0.2, -0.15) is 0 Å². The largest absolute Gasteiger partial charge is 0.380 e. The first-order valence-electron chi connectivity index (χ1n) is 8.15. The van der Waals surface area contributed by atoms with E-state index in [2.05, 4.69) is 9.88 Å². The van der Waals surface area contributed by atoms with Crippen molar-refractivity contribution in [2.24, 2.45) is 0 Å². The summed E-state index contributed by atoms with van der Waals surface area (Å²) in [6.45, 7) is 5.61. The molecule has 0 radical (unpaired) electrons. The quantitative estimate of drug-likeness (QED) is 0.854. The molecule has 2 aromatic rings. The molecule has 1 fully saturated rings. The van der Waals surface area contributed by atoms with Gasteiger partial charge in [0.05, 0.1) is 12.3 Å². The molecule has 4 rings (SSSR count). The molecule has 0 N–H and O–H groups in total. The van der Waals surface area contributed by atoms with Crippen molar-refractivity contribution in [1.29, 1.82) is 0 Å². The Hall–Kier alpha value is -1.85. The van der Waals surface area contributed by atoms with Gasteiger partial charge in [0, 0.05) is 49.0 Å². The zero-order valence-corrected chi connectivity index (χ0v) is 13.3. The van der Waals surface area contributed by atoms with Gasteiger partial charge in [-0.25, -0.2) is 14.4 Å². The van der Waals surface area contributed by atoms with E-state index in [1.165, 1.54) is 17.7 Å². The first-order chi connectivity index (χ1) is 11.2. The highest BCUT2D eigenvalue weighted by molar-refractivity contribution is 5.56. The van der Waals surface area contributed by atoms with Crippen LogP contribution in [0, 0.1) is 12.7 Å². The van der Waals surface area contributed by atoms with E-state index in [-0.39, 0.29) is 5.82 Å². The predicted molar refractivity (Wildman–Crippen MR) is 85.5 cm³/mol. The number of rotatable bonds is 2. The molecule has 0 unspecified atom stereocenters. The number of aryl methyl sites for hydroxylation is 1. The fraction of sp³-hybridized carbons (Fsp3) is 0.444. The summed E-state index contributed by atoms with van der Waals surface area (Å²) in [5.41, 5.74) is 4.07. The molecule has 120 valence electrons. The molecule has 4 nitrogen and oxygen atoms in total. The monoisotopic (exact) mass is 313 g/mol. The first-order valence-corrected chi connectivity index (χ1v) is 8.15. The van der Waals surface area contributed by atoms with Crippen molar-refractivity contribution in [2.75, 3.05) is 19.8 Å². The van der Waals surface area contributed by atoms with Crippen LogP contribution in [0.1, 0.15) is 23.4 Å². The number of hydrogen-bond donors (Lipinski definition) is 0. The minimum Gasteiger partial charge on any atom is -0.380 e. The summed E-state index contributed by atoms with van der Waals surface area (Å²) in [6.07, 6.45) is 2.02. The number of halogens is 1.